The first-order chi connectivity index (χ1) is 0. The molecule has 0 aromatic rings. The molecule has 0 aromatic heterocycles. The summed E-state index contributed by atoms with van der Waals surface area (Å²) < 4.78 is 0. The zero-order valence-electron chi connectivity index (χ0n) is 1.21. The topological polar surface area (TPSA) is 35.0 Å². The van der Waals surface area contributed by atoms with Gasteiger partial charge in [0, 0.05) is 21.7 Å². The largest absolute Gasteiger partial charge is 0.344 e. The predicted molar refractivity (Wildman–Crippen MR) is 21.7 cm³/mol. The molecule has 0 bridgehead atoms. The second-order valence-corrected chi connectivity index (χ2v) is 0. The van der Waals surface area contributed by atoms with E-state index in [1.165, 1.54) is 0 Å². The molecule has 1 nitrogen and oxygen atoms in total. The van der Waals surface area contributed by atoms with Gasteiger partial charge in [0.1, 0.15) is 0 Å². The van der Waals surface area contributed by atoms with Crippen molar-refractivity contribution < 1.29 is 21.7 Å². The Bertz CT molecular complexity index is 8.00. The Kier molecular flexibility index (Phi) is 470. The third-order valence-corrected chi connectivity index (χ3v) is 0. The smallest absolute Gasteiger partial charge is 0.187 e. The summed E-state index contributed by atoms with van der Waals surface area (Å²) in [4.78, 5) is 0. The van der Waals surface area contributed by atoms with Gasteiger partial charge in [-0.05, 0) is 0 Å². The Hall–Kier alpha value is 1.21. The van der Waals surface area contributed by atoms with Crippen molar-refractivity contribution in [2.24, 2.45) is 0 Å². The van der Waals surface area contributed by atoms with Crippen LogP contribution >= 0.6 is 0 Å². The molecule has 0 aliphatic carbocycles. The van der Waals surface area contributed by atoms with Gasteiger partial charge in [-0.2, -0.15) is 0 Å². The fourth-order valence-electron chi connectivity index (χ4n) is 0. The fraction of sp³-hybridized carbons (Fsp3) is 1.00. The summed E-state index contributed by atoms with van der Waals surface area (Å²) in [6, 6.07) is 0. The predicted octanol–water partition coefficient (Wildman–Crippen LogP) is -0.388. The molecular weight excluding hydrogens is 101 g/mol. The van der Waals surface area contributed by atoms with Crippen LogP contribution in [0.1, 0.15) is 7.43 Å². The number of hydrogen-bond donors (Lipinski definition) is 1. The molecule has 3 N–H and O–H groups in total. The van der Waals surface area contributed by atoms with E-state index in [2.05, 4.69) is 0 Å². The zero-order chi connectivity index (χ0) is 0. The first-order valence-electron chi connectivity index (χ1n) is 0. The maximum atomic E-state index is 0. The van der Waals surface area contributed by atoms with E-state index in [0.29, 0.717) is 0 Å². The van der Waals surface area contributed by atoms with E-state index >= 15 is 0 Å². The average molecular weight is 111 g/mol. The van der Waals surface area contributed by atoms with Crippen LogP contribution in [0.4, 0.5) is 0 Å². The van der Waals surface area contributed by atoms with Crippen LogP contribution in [-0.4, -0.2) is 17.4 Å². The normalized spacial score (nSPS) is 0. The number of hydrogen-bond acceptors (Lipinski definition) is 1. The van der Waals surface area contributed by atoms with Gasteiger partial charge < -0.3 is 6.15 Å². The molecule has 0 radical (unpaired) electrons. The van der Waals surface area contributed by atoms with Crippen LogP contribution in [0.5, 0.6) is 0 Å². The molecule has 0 atom stereocenters. The van der Waals surface area contributed by atoms with Crippen molar-refractivity contribution in [2.45, 2.75) is 7.43 Å². The summed E-state index contributed by atoms with van der Waals surface area (Å²) in [6.45, 7) is 0. The fourth-order valence-corrected chi connectivity index (χ4v) is 0. The van der Waals surface area contributed by atoms with Crippen LogP contribution in [0.15, 0.2) is 0 Å². The molecule has 0 aromatic carbocycles. The Balaban J connectivity index is 0. The average Bonchev–Trinajstić information content (AvgIpc) is 0. The molecule has 0 aliphatic heterocycles. The minimum atomic E-state index is 0. The first-order valence-corrected chi connectivity index (χ1v) is 0. The van der Waals surface area contributed by atoms with E-state index in [4.69, 9.17) is 0 Å². The van der Waals surface area contributed by atoms with Gasteiger partial charge in [0.05, 0.1) is 0 Å². The third kappa shape index (κ3) is 10.7. The van der Waals surface area contributed by atoms with Crippen molar-refractivity contribution >= 4 is 17.4 Å². The maximum absolute atomic E-state index is 0. The molecule has 0 aliphatic rings. The van der Waals surface area contributed by atoms with Crippen LogP contribution < -0.4 is 6.15 Å². The summed E-state index contributed by atoms with van der Waals surface area (Å²) in [5, 5.41) is 0. The second-order valence-electron chi connectivity index (χ2n) is 0. The van der Waals surface area contributed by atoms with E-state index in [1.807, 2.05) is 0 Å². The SMILES string of the molecule is C.N.[AlH3].[Ti]. The van der Waals surface area contributed by atoms with Gasteiger partial charge >= 0.3 is 0 Å². The maximum Gasteiger partial charge on any atom is 0.187 e. The standard InChI is InChI=1S/CH4.Al.H3N.Ti.3H/h1H4;;1H3;;;;. The zero-order valence-corrected chi connectivity index (χ0v) is 2.77. The van der Waals surface area contributed by atoms with Crippen LogP contribution in [0.25, 0.3) is 0 Å². The summed E-state index contributed by atoms with van der Waals surface area (Å²) >= 11 is 0. The van der Waals surface area contributed by atoms with Gasteiger partial charge in [-0.1, -0.05) is 7.43 Å². The van der Waals surface area contributed by atoms with Crippen LogP contribution in [0.3, 0.4) is 0 Å². The van der Waals surface area contributed by atoms with E-state index < -0.39 is 0 Å². The second kappa shape index (κ2) is 29.7. The number of rotatable bonds is 0. The monoisotopic (exact) mass is 111 g/mol. The molecule has 3 heteroatoms. The molecular formula is CH10AlNTi. The van der Waals surface area contributed by atoms with Gasteiger partial charge in [-0.15, -0.1) is 0 Å². The minimum Gasteiger partial charge on any atom is -0.344 e. The summed E-state index contributed by atoms with van der Waals surface area (Å²) in [5.74, 6) is 0. The van der Waals surface area contributed by atoms with Gasteiger partial charge in [0.2, 0.25) is 0 Å². The molecule has 0 heterocycles. The Labute approximate surface area is 52.8 Å². The molecule has 0 amide bonds. The van der Waals surface area contributed by atoms with Crippen molar-refractivity contribution in [3.05, 3.63) is 0 Å². The molecule has 0 fully saturated rings. The Morgan fingerprint density at radius 2 is 1.00 bits per heavy atom. The van der Waals surface area contributed by atoms with Crippen molar-refractivity contribution in [1.29, 1.82) is 0 Å². The van der Waals surface area contributed by atoms with E-state index in [0.717, 1.165) is 0 Å². The van der Waals surface area contributed by atoms with Gasteiger partial charge in [0.15, 0.2) is 17.4 Å². The van der Waals surface area contributed by atoms with Crippen LogP contribution in [0.2, 0.25) is 0 Å². The van der Waals surface area contributed by atoms with Crippen molar-refractivity contribution in [3.8, 4) is 0 Å². The molecule has 0 spiro atoms. The van der Waals surface area contributed by atoms with Gasteiger partial charge in [-0.3, -0.25) is 0 Å². The van der Waals surface area contributed by atoms with Crippen molar-refractivity contribution in [1.82, 2.24) is 6.15 Å². The van der Waals surface area contributed by atoms with E-state index in [1.54, 1.807) is 0 Å². The molecule has 26 valence electrons. The molecule has 4 heavy (non-hydrogen) atoms. The summed E-state index contributed by atoms with van der Waals surface area (Å²) in [7, 11) is 0. The molecule has 0 unspecified atom stereocenters. The van der Waals surface area contributed by atoms with Gasteiger partial charge in [0.25, 0.3) is 0 Å². The van der Waals surface area contributed by atoms with Crippen molar-refractivity contribution in [3.63, 3.8) is 0 Å². The Morgan fingerprint density at radius 1 is 1.00 bits per heavy atom. The quantitative estimate of drug-likeness (QED) is 0.424. The molecule has 0 rings (SSSR count). The van der Waals surface area contributed by atoms with Crippen LogP contribution in [0, 0.1) is 0 Å². The molecule has 0 saturated heterocycles. The minimum absolute atomic E-state index is 0. The molecule has 0 saturated carbocycles. The van der Waals surface area contributed by atoms with Gasteiger partial charge in [-0.25, -0.2) is 0 Å². The third-order valence-electron chi connectivity index (χ3n) is 0. The summed E-state index contributed by atoms with van der Waals surface area (Å²) in [5.41, 5.74) is 0. The summed E-state index contributed by atoms with van der Waals surface area (Å²) in [6.07, 6.45) is 0. The Morgan fingerprint density at radius 3 is 1.00 bits per heavy atom. The van der Waals surface area contributed by atoms with E-state index in [-0.39, 0.29) is 52.7 Å². The first kappa shape index (κ1) is 63.3. The van der Waals surface area contributed by atoms with E-state index in [9.17, 15) is 0 Å². The van der Waals surface area contributed by atoms with Crippen molar-refractivity contribution in [2.75, 3.05) is 0 Å². The van der Waals surface area contributed by atoms with Crippen LogP contribution in [-0.2, 0) is 21.7 Å².